The number of nitro benzene ring substituents is 1. The number of benzene rings is 2. The van der Waals surface area contributed by atoms with E-state index in [1.165, 1.54) is 18.2 Å². The van der Waals surface area contributed by atoms with Crippen molar-refractivity contribution >= 4 is 23.2 Å². The molecule has 0 unspecified atom stereocenters. The summed E-state index contributed by atoms with van der Waals surface area (Å²) in [6.07, 6.45) is 1.66. The maximum atomic E-state index is 12.8. The van der Waals surface area contributed by atoms with Crippen LogP contribution in [0.25, 0.3) is 0 Å². The Balaban J connectivity index is 1.73. The summed E-state index contributed by atoms with van der Waals surface area (Å²) in [4.78, 5) is 24.8. The molecule has 0 aliphatic carbocycles. The second-order valence-corrected chi connectivity index (χ2v) is 6.92. The molecule has 1 saturated heterocycles. The lowest BCUT2D eigenvalue weighted by atomic mass is 10.0. The Morgan fingerprint density at radius 2 is 1.97 bits per heavy atom. The van der Waals surface area contributed by atoms with Crippen LogP contribution in [-0.4, -0.2) is 43.1 Å². The molecule has 2 aromatic carbocycles. The van der Waals surface area contributed by atoms with Crippen LogP contribution < -0.4 is 14.2 Å². The molecule has 8 nitrogen and oxygen atoms in total. The zero-order chi connectivity index (χ0) is 21.0. The number of hydrogen-bond donors (Lipinski definition) is 0. The zero-order valence-electron chi connectivity index (χ0n) is 16.1. The van der Waals surface area contributed by atoms with Crippen molar-refractivity contribution < 1.29 is 23.9 Å². The van der Waals surface area contributed by atoms with Crippen molar-refractivity contribution in [1.82, 2.24) is 4.90 Å². The second kappa shape index (κ2) is 9.00. The van der Waals surface area contributed by atoms with Crippen LogP contribution in [0.1, 0.15) is 24.4 Å². The van der Waals surface area contributed by atoms with E-state index in [0.717, 1.165) is 18.4 Å². The smallest absolute Gasteiger partial charge is 0.271 e. The maximum Gasteiger partial charge on any atom is 0.271 e. The van der Waals surface area contributed by atoms with Crippen LogP contribution in [0.2, 0.25) is 5.02 Å². The van der Waals surface area contributed by atoms with Gasteiger partial charge in [-0.3, -0.25) is 14.9 Å². The van der Waals surface area contributed by atoms with Crippen LogP contribution in [0, 0.1) is 10.1 Å². The first-order valence-corrected chi connectivity index (χ1v) is 9.40. The molecule has 0 radical (unpaired) electrons. The molecule has 1 fully saturated rings. The first-order chi connectivity index (χ1) is 13.9. The van der Waals surface area contributed by atoms with Gasteiger partial charge in [0.1, 0.15) is 17.2 Å². The van der Waals surface area contributed by atoms with E-state index in [4.69, 9.17) is 25.8 Å². The van der Waals surface area contributed by atoms with Gasteiger partial charge in [0.05, 0.1) is 30.2 Å². The predicted molar refractivity (Wildman–Crippen MR) is 107 cm³/mol. The van der Waals surface area contributed by atoms with E-state index >= 15 is 0 Å². The zero-order valence-corrected chi connectivity index (χ0v) is 16.8. The highest BCUT2D eigenvalue weighted by molar-refractivity contribution is 6.32. The van der Waals surface area contributed by atoms with Crippen molar-refractivity contribution in [3.63, 3.8) is 0 Å². The monoisotopic (exact) mass is 420 g/mol. The molecule has 0 spiro atoms. The molecule has 1 amide bonds. The van der Waals surface area contributed by atoms with Gasteiger partial charge >= 0.3 is 0 Å². The molecule has 1 heterocycles. The molecular weight excluding hydrogens is 400 g/mol. The van der Waals surface area contributed by atoms with Crippen LogP contribution >= 0.6 is 11.6 Å². The van der Waals surface area contributed by atoms with E-state index in [1.807, 2.05) is 18.2 Å². The Kier molecular flexibility index (Phi) is 6.43. The standard InChI is InChI=1S/C20H21ClN2O6/c1-27-14-6-8-18(28-2)15(11-14)17-4-3-9-22(17)20(24)12-29-19-7-5-13(23(25)26)10-16(19)21/h5-8,10-11,17H,3-4,9,12H2,1-2H3/t17-/m0/s1. The van der Waals surface area contributed by atoms with E-state index < -0.39 is 4.92 Å². The first-order valence-electron chi connectivity index (χ1n) is 9.02. The summed E-state index contributed by atoms with van der Waals surface area (Å²) in [5.74, 6) is 1.40. The molecule has 1 atom stereocenters. The second-order valence-electron chi connectivity index (χ2n) is 6.51. The van der Waals surface area contributed by atoms with Gasteiger partial charge < -0.3 is 19.1 Å². The molecule has 9 heteroatoms. The molecular formula is C20H21ClN2O6. The maximum absolute atomic E-state index is 12.8. The minimum atomic E-state index is -0.544. The highest BCUT2D eigenvalue weighted by atomic mass is 35.5. The van der Waals surface area contributed by atoms with E-state index in [-0.39, 0.29) is 35.0 Å². The molecule has 0 saturated carbocycles. The fourth-order valence-electron chi connectivity index (χ4n) is 3.43. The summed E-state index contributed by atoms with van der Waals surface area (Å²) in [6, 6.07) is 9.23. The number of carbonyl (C=O) groups is 1. The molecule has 1 aliphatic heterocycles. The van der Waals surface area contributed by atoms with Crippen molar-refractivity contribution in [2.24, 2.45) is 0 Å². The Bertz CT molecular complexity index is 920. The van der Waals surface area contributed by atoms with Gasteiger partial charge in [-0.1, -0.05) is 11.6 Å². The lowest BCUT2D eigenvalue weighted by molar-refractivity contribution is -0.384. The SMILES string of the molecule is COc1ccc(OC)c([C@@H]2CCCN2C(=O)COc2ccc([N+](=O)[O-])cc2Cl)c1. The van der Waals surface area contributed by atoms with Crippen molar-refractivity contribution in [3.8, 4) is 17.2 Å². The van der Waals surface area contributed by atoms with E-state index in [9.17, 15) is 14.9 Å². The summed E-state index contributed by atoms with van der Waals surface area (Å²) >= 11 is 6.03. The molecule has 1 aliphatic rings. The Labute approximate surface area is 173 Å². The molecule has 29 heavy (non-hydrogen) atoms. The number of hydrogen-bond acceptors (Lipinski definition) is 6. The number of ether oxygens (including phenoxy) is 3. The lowest BCUT2D eigenvalue weighted by Gasteiger charge is -2.26. The third-order valence-electron chi connectivity index (χ3n) is 4.85. The van der Waals surface area contributed by atoms with Crippen LogP contribution in [0.5, 0.6) is 17.2 Å². The quantitative estimate of drug-likeness (QED) is 0.496. The summed E-state index contributed by atoms with van der Waals surface area (Å²) in [7, 11) is 3.18. The van der Waals surface area contributed by atoms with E-state index in [0.29, 0.717) is 18.0 Å². The van der Waals surface area contributed by atoms with Gasteiger partial charge in [-0.25, -0.2) is 0 Å². The summed E-state index contributed by atoms with van der Waals surface area (Å²) in [5.41, 5.74) is 0.740. The van der Waals surface area contributed by atoms with Crippen molar-refractivity contribution in [1.29, 1.82) is 0 Å². The average molecular weight is 421 g/mol. The first kappa shape index (κ1) is 20.7. The summed E-state index contributed by atoms with van der Waals surface area (Å²) in [5, 5.41) is 10.9. The summed E-state index contributed by atoms with van der Waals surface area (Å²) < 4.78 is 16.3. The van der Waals surface area contributed by atoms with Crippen molar-refractivity contribution in [3.05, 3.63) is 57.1 Å². The van der Waals surface area contributed by atoms with E-state index in [2.05, 4.69) is 0 Å². The Morgan fingerprint density at radius 1 is 1.21 bits per heavy atom. The predicted octanol–water partition coefficient (Wildman–Crippen LogP) is 4.01. The van der Waals surface area contributed by atoms with Gasteiger partial charge in [-0.15, -0.1) is 0 Å². The topological polar surface area (TPSA) is 91.1 Å². The molecule has 0 bridgehead atoms. The fourth-order valence-corrected chi connectivity index (χ4v) is 3.66. The molecule has 154 valence electrons. The van der Waals surface area contributed by atoms with Crippen LogP contribution in [0.15, 0.2) is 36.4 Å². The van der Waals surface area contributed by atoms with Crippen molar-refractivity contribution in [2.45, 2.75) is 18.9 Å². The van der Waals surface area contributed by atoms with Crippen LogP contribution in [0.3, 0.4) is 0 Å². The van der Waals surface area contributed by atoms with Crippen LogP contribution in [-0.2, 0) is 4.79 Å². The van der Waals surface area contributed by atoms with Gasteiger partial charge in [-0.2, -0.15) is 0 Å². The van der Waals surface area contributed by atoms with Crippen molar-refractivity contribution in [2.75, 3.05) is 27.4 Å². The minimum absolute atomic E-state index is 0.0828. The number of likely N-dealkylation sites (tertiary alicyclic amines) is 1. The summed E-state index contributed by atoms with van der Waals surface area (Å²) in [6.45, 7) is 0.377. The molecule has 0 N–H and O–H groups in total. The number of amides is 1. The fraction of sp³-hybridized carbons (Fsp3) is 0.350. The van der Waals surface area contributed by atoms with Crippen LogP contribution in [0.4, 0.5) is 5.69 Å². The molecule has 0 aromatic heterocycles. The number of nitrogens with zero attached hydrogens (tertiary/aromatic N) is 2. The average Bonchev–Trinajstić information content (AvgIpc) is 3.21. The van der Waals surface area contributed by atoms with Gasteiger partial charge in [0.15, 0.2) is 6.61 Å². The van der Waals surface area contributed by atoms with Gasteiger partial charge in [0.25, 0.3) is 11.6 Å². The minimum Gasteiger partial charge on any atom is -0.497 e. The number of rotatable bonds is 7. The Morgan fingerprint density at radius 3 is 2.62 bits per heavy atom. The highest BCUT2D eigenvalue weighted by Crippen LogP contribution is 2.39. The van der Waals surface area contributed by atoms with Gasteiger partial charge in [0.2, 0.25) is 0 Å². The van der Waals surface area contributed by atoms with Gasteiger partial charge in [0, 0.05) is 24.2 Å². The van der Waals surface area contributed by atoms with Gasteiger partial charge in [-0.05, 0) is 37.1 Å². The number of carbonyl (C=O) groups excluding carboxylic acids is 1. The number of methoxy groups -OCH3 is 2. The van der Waals surface area contributed by atoms with E-state index in [1.54, 1.807) is 19.1 Å². The number of nitro groups is 1. The normalized spacial score (nSPS) is 15.8. The molecule has 3 rings (SSSR count). The number of non-ortho nitro benzene ring substituents is 1. The third-order valence-corrected chi connectivity index (χ3v) is 5.14. The highest BCUT2D eigenvalue weighted by Gasteiger charge is 2.32. The Hall–Kier alpha value is -3.00. The lowest BCUT2D eigenvalue weighted by Crippen LogP contribution is -2.34. The number of halogens is 1. The third kappa shape index (κ3) is 4.54. The largest absolute Gasteiger partial charge is 0.497 e. The molecule has 2 aromatic rings.